The van der Waals surface area contributed by atoms with E-state index in [4.69, 9.17) is 4.98 Å². The molecule has 4 aliphatic rings. The molecular formula is C53H72N5+3. The van der Waals surface area contributed by atoms with Crippen molar-refractivity contribution in [2.24, 2.45) is 13.0 Å². The van der Waals surface area contributed by atoms with E-state index in [-0.39, 0.29) is 21.8 Å². The first-order valence-corrected chi connectivity index (χ1v) is 22.6. The molecule has 0 N–H and O–H groups in total. The molecule has 0 amide bonds. The van der Waals surface area contributed by atoms with E-state index in [2.05, 4.69) is 181 Å². The largest absolute Gasteiger partial charge is 0.336 e. The van der Waals surface area contributed by atoms with Crippen molar-refractivity contribution in [3.05, 3.63) is 83.2 Å². The number of aromatic nitrogens is 3. The molecule has 5 nitrogen and oxygen atoms in total. The highest BCUT2D eigenvalue weighted by molar-refractivity contribution is 6.19. The van der Waals surface area contributed by atoms with Gasteiger partial charge in [-0.2, -0.15) is 0 Å². The number of benzene rings is 4. The molecule has 5 atom stereocenters. The van der Waals surface area contributed by atoms with Crippen molar-refractivity contribution in [2.75, 3.05) is 19.8 Å². The summed E-state index contributed by atoms with van der Waals surface area (Å²) in [6.45, 7) is 40.7. The fourth-order valence-corrected chi connectivity index (χ4v) is 13.6. The zero-order chi connectivity index (χ0) is 41.9. The molecule has 5 unspecified atom stereocenters. The lowest BCUT2D eigenvalue weighted by atomic mass is 9.58. The van der Waals surface area contributed by atoms with Crippen molar-refractivity contribution in [1.29, 1.82) is 0 Å². The maximum absolute atomic E-state index is 5.82. The Bertz CT molecular complexity index is 2680. The lowest BCUT2D eigenvalue weighted by Crippen LogP contribution is -2.89. The maximum Gasteiger partial charge on any atom is 0.297 e. The number of hydrogen-bond donors (Lipinski definition) is 0. The Balaban J connectivity index is 1.48. The number of quaternary nitrogens is 2. The third kappa shape index (κ3) is 4.89. The summed E-state index contributed by atoms with van der Waals surface area (Å²) >= 11 is 0. The summed E-state index contributed by atoms with van der Waals surface area (Å²) < 4.78 is 7.77. The topological polar surface area (TPSA) is 21.7 Å². The number of aryl methyl sites for hydroxylation is 2. The second-order valence-electron chi connectivity index (χ2n) is 22.6. The van der Waals surface area contributed by atoms with Gasteiger partial charge in [0.05, 0.1) is 42.0 Å². The lowest BCUT2D eigenvalue weighted by molar-refractivity contribution is -1.31. The van der Waals surface area contributed by atoms with Crippen LogP contribution in [0.5, 0.6) is 0 Å². The van der Waals surface area contributed by atoms with Gasteiger partial charge in [0.25, 0.3) is 5.82 Å². The van der Waals surface area contributed by atoms with Gasteiger partial charge in [-0.25, -0.2) is 13.5 Å². The summed E-state index contributed by atoms with van der Waals surface area (Å²) in [5, 5.41) is 6.79. The summed E-state index contributed by atoms with van der Waals surface area (Å²) in [6.07, 6.45) is 2.83. The molecule has 4 aromatic carbocycles. The van der Waals surface area contributed by atoms with Crippen LogP contribution in [-0.4, -0.2) is 56.5 Å². The van der Waals surface area contributed by atoms with Crippen LogP contribution >= 0.6 is 0 Å². The van der Waals surface area contributed by atoms with E-state index >= 15 is 0 Å². The standard InChI is InChI=1S/C53H72N5/c1-32(2)49-57(33(3)4)27-25-52(14)44-38-23-19-17-21-36(38)42(50(8,9)10)29-40(44)47-48-45(54-35(7)56(47)53(52,15)26-28-58(49,31-57)34(5)6)41-30-43(51(11,12)13)37-22-18-20-24-39(37)46(41)55(48)16/h17-24,29-30,32-34,49H,25-28,31H2,1-16H3/q+3. The summed E-state index contributed by atoms with van der Waals surface area (Å²) in [4.78, 5) is 5.82. The van der Waals surface area contributed by atoms with Crippen molar-refractivity contribution in [2.45, 2.75) is 157 Å². The summed E-state index contributed by atoms with van der Waals surface area (Å²) in [6, 6.07) is 24.8. The lowest BCUT2D eigenvalue weighted by Gasteiger charge is -2.67. The van der Waals surface area contributed by atoms with Crippen LogP contribution in [0.15, 0.2) is 60.7 Å². The Morgan fingerprint density at radius 1 is 0.707 bits per heavy atom. The Morgan fingerprint density at radius 3 is 1.78 bits per heavy atom. The van der Waals surface area contributed by atoms with Gasteiger partial charge >= 0.3 is 0 Å². The van der Waals surface area contributed by atoms with Crippen LogP contribution in [0.1, 0.15) is 132 Å². The SMILES string of the molecule is Cc1nc2c3cc(C(C)(C)C)c4ccccc4c3n(C)c2c2[n+]1C1(C)CC[N+]3(C(C)C)C[N+](C(C)C)(CCC1(C)c1c-2cc(C(C)(C)C)c2ccccc12)C3C(C)C. The fraction of sp³-hybridized carbons (Fsp3) is 0.547. The molecular weight excluding hydrogens is 707 g/mol. The fourth-order valence-electron chi connectivity index (χ4n) is 13.6. The Hall–Kier alpha value is -3.80. The predicted octanol–water partition coefficient (Wildman–Crippen LogP) is 12.1. The van der Waals surface area contributed by atoms with Gasteiger partial charge in [0.2, 0.25) is 18.4 Å². The maximum atomic E-state index is 5.82. The molecule has 6 heterocycles. The van der Waals surface area contributed by atoms with Crippen molar-refractivity contribution < 1.29 is 13.5 Å². The number of hydrogen-bond acceptors (Lipinski definition) is 1. The van der Waals surface area contributed by atoms with Gasteiger partial charge in [-0.1, -0.05) is 111 Å². The highest BCUT2D eigenvalue weighted by atomic mass is 15.7. The second-order valence-corrected chi connectivity index (χ2v) is 22.6. The van der Waals surface area contributed by atoms with Crippen molar-refractivity contribution in [3.8, 4) is 11.3 Å². The number of fused-ring (bicyclic) bond motifs is 13. The monoisotopic (exact) mass is 779 g/mol. The average molecular weight is 779 g/mol. The number of rotatable bonds is 3. The third-order valence-corrected chi connectivity index (χ3v) is 16.6. The smallest absolute Gasteiger partial charge is 0.297 e. The highest BCUT2D eigenvalue weighted by Crippen LogP contribution is 2.58. The molecule has 2 aromatic heterocycles. The van der Waals surface area contributed by atoms with E-state index in [1.165, 1.54) is 89.1 Å². The molecule has 0 aliphatic carbocycles. The summed E-state index contributed by atoms with van der Waals surface area (Å²) in [5.41, 5.74) is 10.4. The van der Waals surface area contributed by atoms with E-state index in [0.29, 0.717) is 24.2 Å². The molecule has 0 saturated carbocycles. The molecule has 4 aliphatic heterocycles. The first-order valence-electron chi connectivity index (χ1n) is 22.6. The van der Waals surface area contributed by atoms with E-state index in [1.54, 1.807) is 5.56 Å². The van der Waals surface area contributed by atoms with Gasteiger partial charge in [-0.3, -0.25) is 0 Å². The quantitative estimate of drug-likeness (QED) is 0.130. The minimum absolute atomic E-state index is 0.0151. The van der Waals surface area contributed by atoms with Crippen LogP contribution < -0.4 is 4.57 Å². The average Bonchev–Trinajstić information content (AvgIpc) is 3.44. The van der Waals surface area contributed by atoms with Crippen molar-refractivity contribution in [3.63, 3.8) is 0 Å². The summed E-state index contributed by atoms with van der Waals surface area (Å²) in [7, 11) is 2.33. The molecule has 2 bridgehead atoms. The van der Waals surface area contributed by atoms with Crippen LogP contribution in [0.2, 0.25) is 0 Å². The van der Waals surface area contributed by atoms with Gasteiger partial charge in [-0.15, -0.1) is 0 Å². The van der Waals surface area contributed by atoms with Crippen LogP contribution in [0.25, 0.3) is 54.7 Å². The molecule has 10 rings (SSSR count). The van der Waals surface area contributed by atoms with E-state index < -0.39 is 0 Å². The zero-order valence-electron chi connectivity index (χ0n) is 38.9. The molecule has 3 saturated heterocycles. The van der Waals surface area contributed by atoms with Crippen LogP contribution in [0.3, 0.4) is 0 Å². The molecule has 0 radical (unpaired) electrons. The minimum Gasteiger partial charge on any atom is -0.336 e. The van der Waals surface area contributed by atoms with Crippen LogP contribution in [0.4, 0.5) is 0 Å². The van der Waals surface area contributed by atoms with Gasteiger partial charge in [0.15, 0.2) is 5.69 Å². The van der Waals surface area contributed by atoms with E-state index in [0.717, 1.165) is 24.2 Å². The van der Waals surface area contributed by atoms with Crippen molar-refractivity contribution >= 4 is 43.5 Å². The first-order chi connectivity index (χ1) is 27.0. The summed E-state index contributed by atoms with van der Waals surface area (Å²) in [5.74, 6) is 1.74. The number of nitrogens with zero attached hydrogens (tertiary/aromatic N) is 5. The Labute approximate surface area is 349 Å². The molecule has 0 spiro atoms. The van der Waals surface area contributed by atoms with Gasteiger partial charge in [-0.05, 0) is 95.4 Å². The molecule has 58 heavy (non-hydrogen) atoms. The Morgan fingerprint density at radius 2 is 1.22 bits per heavy atom. The third-order valence-electron chi connectivity index (χ3n) is 16.6. The van der Waals surface area contributed by atoms with Crippen LogP contribution in [0, 0.1) is 12.8 Å². The van der Waals surface area contributed by atoms with Gasteiger partial charge in [0.1, 0.15) is 11.1 Å². The van der Waals surface area contributed by atoms with Gasteiger partial charge < -0.3 is 4.57 Å². The van der Waals surface area contributed by atoms with Crippen LogP contribution in [-0.2, 0) is 28.8 Å². The predicted molar refractivity (Wildman–Crippen MR) is 245 cm³/mol. The molecule has 6 aromatic rings. The highest BCUT2D eigenvalue weighted by Gasteiger charge is 2.71. The van der Waals surface area contributed by atoms with Crippen molar-refractivity contribution in [1.82, 2.24) is 9.55 Å². The molecule has 3 fully saturated rings. The zero-order valence-corrected chi connectivity index (χ0v) is 38.9. The molecule has 5 heteroatoms. The normalized spacial score (nSPS) is 27.5. The minimum atomic E-state index is -0.233. The molecule has 306 valence electrons. The van der Waals surface area contributed by atoms with Gasteiger partial charge in [0, 0.05) is 43.2 Å². The van der Waals surface area contributed by atoms with E-state index in [9.17, 15) is 0 Å². The van der Waals surface area contributed by atoms with E-state index in [1.807, 2.05) is 0 Å². The Kier molecular flexibility index (Phi) is 8.46. The first kappa shape index (κ1) is 39.6. The second kappa shape index (κ2) is 12.4.